The maximum Gasteiger partial charge on any atom is 0.222 e. The van der Waals surface area contributed by atoms with E-state index in [4.69, 9.17) is 5.26 Å². The van der Waals surface area contributed by atoms with Crippen LogP contribution in [0.1, 0.15) is 32.3 Å². The minimum absolute atomic E-state index is 0.189. The van der Waals surface area contributed by atoms with Gasteiger partial charge in [-0.3, -0.25) is 4.79 Å². The highest BCUT2D eigenvalue weighted by molar-refractivity contribution is 5.76. The number of hydrogen-bond acceptors (Lipinski definition) is 3. The Morgan fingerprint density at radius 2 is 2.00 bits per heavy atom. The monoisotopic (exact) mass is 303 g/mol. The van der Waals surface area contributed by atoms with E-state index in [1.165, 1.54) is 6.07 Å². The lowest BCUT2D eigenvalue weighted by Crippen LogP contribution is -2.49. The number of hydrogen-bond donors (Lipinski definition) is 0. The summed E-state index contributed by atoms with van der Waals surface area (Å²) < 4.78 is 14.0. The molecule has 1 heterocycles. The van der Waals surface area contributed by atoms with E-state index in [0.29, 0.717) is 49.8 Å². The largest absolute Gasteiger partial charge is 0.366 e. The number of amides is 1. The Morgan fingerprint density at radius 1 is 1.32 bits per heavy atom. The SMILES string of the molecule is CC(C)CCC(=O)N1CCN(c2ccc(C#N)cc2F)CC1. The molecule has 0 bridgehead atoms. The van der Waals surface area contributed by atoms with Crippen LogP contribution in [0.3, 0.4) is 0 Å². The van der Waals surface area contributed by atoms with Crippen molar-refractivity contribution >= 4 is 11.6 Å². The van der Waals surface area contributed by atoms with Crippen LogP contribution in [0.4, 0.5) is 10.1 Å². The Morgan fingerprint density at radius 3 is 2.55 bits per heavy atom. The predicted molar refractivity (Wildman–Crippen MR) is 84.0 cm³/mol. The van der Waals surface area contributed by atoms with Gasteiger partial charge in [0.25, 0.3) is 0 Å². The molecule has 5 heteroatoms. The standard InChI is InChI=1S/C17H22FN3O/c1-13(2)3-6-17(22)21-9-7-20(8-10-21)16-5-4-14(12-19)11-15(16)18/h4-5,11,13H,3,6-10H2,1-2H3. The zero-order valence-corrected chi connectivity index (χ0v) is 13.2. The van der Waals surface area contributed by atoms with Crippen molar-refractivity contribution in [3.05, 3.63) is 29.6 Å². The number of halogens is 1. The lowest BCUT2D eigenvalue weighted by molar-refractivity contribution is -0.131. The first-order valence-corrected chi connectivity index (χ1v) is 7.73. The highest BCUT2D eigenvalue weighted by Gasteiger charge is 2.22. The maximum absolute atomic E-state index is 14.0. The van der Waals surface area contributed by atoms with Gasteiger partial charge in [-0.05, 0) is 30.5 Å². The molecule has 22 heavy (non-hydrogen) atoms. The van der Waals surface area contributed by atoms with Gasteiger partial charge in [-0.2, -0.15) is 5.26 Å². The number of piperazine rings is 1. The fraction of sp³-hybridized carbons (Fsp3) is 0.529. The van der Waals surface area contributed by atoms with Gasteiger partial charge in [0.1, 0.15) is 5.82 Å². The lowest BCUT2D eigenvalue weighted by Gasteiger charge is -2.36. The van der Waals surface area contributed by atoms with Crippen LogP contribution in [-0.2, 0) is 4.79 Å². The zero-order valence-electron chi connectivity index (χ0n) is 13.2. The molecule has 2 rings (SSSR count). The molecule has 1 saturated heterocycles. The van der Waals surface area contributed by atoms with E-state index in [1.807, 2.05) is 15.9 Å². The average Bonchev–Trinajstić information content (AvgIpc) is 2.52. The summed E-state index contributed by atoms with van der Waals surface area (Å²) in [5.74, 6) is 0.338. The van der Waals surface area contributed by atoms with Crippen LogP contribution in [0.15, 0.2) is 18.2 Å². The molecule has 1 aliphatic heterocycles. The van der Waals surface area contributed by atoms with Gasteiger partial charge >= 0.3 is 0 Å². The molecular formula is C17H22FN3O. The van der Waals surface area contributed by atoms with Gasteiger partial charge in [-0.25, -0.2) is 4.39 Å². The van der Waals surface area contributed by atoms with Crippen molar-refractivity contribution < 1.29 is 9.18 Å². The minimum atomic E-state index is -0.376. The molecule has 1 fully saturated rings. The normalized spacial score (nSPS) is 15.0. The number of rotatable bonds is 4. The first kappa shape index (κ1) is 16.3. The van der Waals surface area contributed by atoms with Gasteiger partial charge in [-0.15, -0.1) is 0 Å². The second-order valence-corrected chi connectivity index (χ2v) is 6.08. The van der Waals surface area contributed by atoms with Crippen LogP contribution in [0.25, 0.3) is 0 Å². The third kappa shape index (κ3) is 3.97. The fourth-order valence-corrected chi connectivity index (χ4v) is 2.60. The van der Waals surface area contributed by atoms with Crippen LogP contribution >= 0.6 is 0 Å². The first-order chi connectivity index (χ1) is 10.5. The molecule has 118 valence electrons. The Hall–Kier alpha value is -2.09. The molecule has 0 saturated carbocycles. The van der Waals surface area contributed by atoms with Gasteiger partial charge < -0.3 is 9.80 Å². The molecule has 0 atom stereocenters. The highest BCUT2D eigenvalue weighted by Crippen LogP contribution is 2.22. The maximum atomic E-state index is 14.0. The molecule has 0 unspecified atom stereocenters. The molecule has 0 aliphatic carbocycles. The Kier molecular flexibility index (Phi) is 5.37. The molecule has 1 aromatic carbocycles. The summed E-state index contributed by atoms with van der Waals surface area (Å²) >= 11 is 0. The summed E-state index contributed by atoms with van der Waals surface area (Å²) in [7, 11) is 0. The molecule has 1 amide bonds. The second-order valence-electron chi connectivity index (χ2n) is 6.08. The third-order valence-electron chi connectivity index (χ3n) is 3.99. The molecule has 0 aromatic heterocycles. The van der Waals surface area contributed by atoms with Gasteiger partial charge in [0.05, 0.1) is 17.3 Å². The van der Waals surface area contributed by atoms with Crippen molar-refractivity contribution in [2.75, 3.05) is 31.1 Å². The van der Waals surface area contributed by atoms with Crippen molar-refractivity contribution in [3.8, 4) is 6.07 Å². The average molecular weight is 303 g/mol. The predicted octanol–water partition coefficient (Wildman–Crippen LogP) is 2.78. The Balaban J connectivity index is 1.92. The van der Waals surface area contributed by atoms with E-state index < -0.39 is 0 Å². The van der Waals surface area contributed by atoms with Crippen LogP contribution in [0.2, 0.25) is 0 Å². The first-order valence-electron chi connectivity index (χ1n) is 7.73. The molecule has 0 spiro atoms. The third-order valence-corrected chi connectivity index (χ3v) is 3.99. The number of nitriles is 1. The summed E-state index contributed by atoms with van der Waals surface area (Å²) in [5.41, 5.74) is 0.831. The van der Waals surface area contributed by atoms with E-state index in [-0.39, 0.29) is 11.7 Å². The number of carbonyl (C=O) groups excluding carboxylic acids is 1. The fourth-order valence-electron chi connectivity index (χ4n) is 2.60. The lowest BCUT2D eigenvalue weighted by atomic mass is 10.1. The van der Waals surface area contributed by atoms with Crippen LogP contribution in [0.5, 0.6) is 0 Å². The van der Waals surface area contributed by atoms with Crippen molar-refractivity contribution in [1.29, 1.82) is 5.26 Å². The molecule has 0 radical (unpaired) electrons. The summed E-state index contributed by atoms with van der Waals surface area (Å²) in [6.07, 6.45) is 1.49. The summed E-state index contributed by atoms with van der Waals surface area (Å²) in [4.78, 5) is 15.9. The summed E-state index contributed by atoms with van der Waals surface area (Å²) in [5, 5.41) is 8.77. The number of nitrogens with zero attached hydrogens (tertiary/aromatic N) is 3. The summed E-state index contributed by atoms with van der Waals surface area (Å²) in [6.45, 7) is 6.71. The van der Waals surface area contributed by atoms with E-state index in [2.05, 4.69) is 13.8 Å². The minimum Gasteiger partial charge on any atom is -0.366 e. The molecular weight excluding hydrogens is 281 g/mol. The molecule has 0 N–H and O–H groups in total. The molecule has 1 aromatic rings. The van der Waals surface area contributed by atoms with Crippen LogP contribution in [-0.4, -0.2) is 37.0 Å². The van der Waals surface area contributed by atoms with Crippen molar-refractivity contribution in [3.63, 3.8) is 0 Å². The van der Waals surface area contributed by atoms with Gasteiger partial charge in [-0.1, -0.05) is 13.8 Å². The Bertz CT molecular complexity index is 572. The quantitative estimate of drug-likeness (QED) is 0.859. The highest BCUT2D eigenvalue weighted by atomic mass is 19.1. The van der Waals surface area contributed by atoms with Gasteiger partial charge in [0.15, 0.2) is 0 Å². The van der Waals surface area contributed by atoms with E-state index >= 15 is 0 Å². The molecule has 1 aliphatic rings. The smallest absolute Gasteiger partial charge is 0.222 e. The van der Waals surface area contributed by atoms with Gasteiger partial charge in [0.2, 0.25) is 5.91 Å². The van der Waals surface area contributed by atoms with E-state index in [0.717, 1.165) is 6.42 Å². The van der Waals surface area contributed by atoms with Crippen LogP contribution in [0, 0.1) is 23.1 Å². The number of carbonyl (C=O) groups is 1. The summed E-state index contributed by atoms with van der Waals surface area (Å²) in [6, 6.07) is 6.46. The van der Waals surface area contributed by atoms with Crippen molar-refractivity contribution in [2.24, 2.45) is 5.92 Å². The number of benzene rings is 1. The van der Waals surface area contributed by atoms with Gasteiger partial charge in [0, 0.05) is 32.6 Å². The van der Waals surface area contributed by atoms with Crippen LogP contribution < -0.4 is 4.90 Å². The van der Waals surface area contributed by atoms with E-state index in [9.17, 15) is 9.18 Å². The van der Waals surface area contributed by atoms with Crippen molar-refractivity contribution in [2.45, 2.75) is 26.7 Å². The van der Waals surface area contributed by atoms with Crippen molar-refractivity contribution in [1.82, 2.24) is 4.90 Å². The number of anilines is 1. The Labute approximate surface area is 131 Å². The topological polar surface area (TPSA) is 47.3 Å². The second kappa shape index (κ2) is 7.26. The van der Waals surface area contributed by atoms with E-state index in [1.54, 1.807) is 12.1 Å². The zero-order chi connectivity index (χ0) is 16.1. The molecule has 4 nitrogen and oxygen atoms in total.